The lowest BCUT2D eigenvalue weighted by molar-refractivity contribution is 0.966. The van der Waals surface area contributed by atoms with Crippen molar-refractivity contribution in [3.8, 4) is 0 Å². The van der Waals surface area contributed by atoms with Crippen molar-refractivity contribution in [2.24, 2.45) is 0 Å². The lowest BCUT2D eigenvalue weighted by Crippen LogP contribution is -1.96. The van der Waals surface area contributed by atoms with Crippen molar-refractivity contribution in [3.05, 3.63) is 23.5 Å². The maximum absolute atomic E-state index is 5.72. The number of nitrogen functional groups attached to an aromatic ring is 1. The molecule has 1 aromatic rings. The van der Waals surface area contributed by atoms with Crippen molar-refractivity contribution in [1.29, 1.82) is 0 Å². The van der Waals surface area contributed by atoms with Crippen LogP contribution in [0.15, 0.2) is 18.3 Å². The SMILES string of the molecule is C=C.CCCSc1nc(Cl)c(N)c(Cl)n1. The molecule has 3 nitrogen and oxygen atoms in total. The Bertz CT molecular complexity index is 297. The largest absolute Gasteiger partial charge is 0.394 e. The van der Waals surface area contributed by atoms with Gasteiger partial charge in [-0.2, -0.15) is 0 Å². The zero-order valence-electron chi connectivity index (χ0n) is 8.46. The van der Waals surface area contributed by atoms with E-state index in [0.29, 0.717) is 5.16 Å². The van der Waals surface area contributed by atoms with E-state index in [1.54, 1.807) is 0 Å². The molecule has 0 spiro atoms. The molecule has 0 fully saturated rings. The summed E-state index contributed by atoms with van der Waals surface area (Å²) in [6.07, 6.45) is 1.05. The smallest absolute Gasteiger partial charge is 0.190 e. The molecule has 0 aliphatic heterocycles. The van der Waals surface area contributed by atoms with Crippen molar-refractivity contribution in [1.82, 2.24) is 9.97 Å². The molecular formula is C9H13Cl2N3S. The first-order valence-corrected chi connectivity index (χ1v) is 6.00. The molecule has 0 saturated heterocycles. The van der Waals surface area contributed by atoms with Crippen LogP contribution in [0, 0.1) is 0 Å². The Morgan fingerprint density at radius 3 is 2.13 bits per heavy atom. The van der Waals surface area contributed by atoms with Gasteiger partial charge in [-0.3, -0.25) is 0 Å². The van der Waals surface area contributed by atoms with Crippen molar-refractivity contribution >= 4 is 40.7 Å². The molecule has 84 valence electrons. The minimum absolute atomic E-state index is 0.221. The molecule has 2 N–H and O–H groups in total. The minimum Gasteiger partial charge on any atom is -0.394 e. The second kappa shape index (κ2) is 7.79. The Kier molecular flexibility index (Phi) is 7.56. The van der Waals surface area contributed by atoms with Gasteiger partial charge in [-0.15, -0.1) is 13.2 Å². The second-order valence-electron chi connectivity index (χ2n) is 2.35. The quantitative estimate of drug-likeness (QED) is 0.392. The van der Waals surface area contributed by atoms with Crippen molar-refractivity contribution in [2.45, 2.75) is 18.5 Å². The molecule has 0 saturated carbocycles. The summed E-state index contributed by atoms with van der Waals surface area (Å²) >= 11 is 13.0. The van der Waals surface area contributed by atoms with Crippen LogP contribution in [-0.4, -0.2) is 15.7 Å². The van der Waals surface area contributed by atoms with Crippen LogP contribution in [0.5, 0.6) is 0 Å². The molecule has 0 aliphatic carbocycles. The summed E-state index contributed by atoms with van der Waals surface area (Å²) in [5, 5.41) is 1.02. The summed E-state index contributed by atoms with van der Waals surface area (Å²) in [6.45, 7) is 8.08. The number of nitrogens with zero attached hydrogens (tertiary/aromatic N) is 2. The van der Waals surface area contributed by atoms with Gasteiger partial charge in [0.15, 0.2) is 15.5 Å². The van der Waals surface area contributed by atoms with Crippen LogP contribution >= 0.6 is 35.0 Å². The average molecular weight is 266 g/mol. The molecule has 1 heterocycles. The first kappa shape index (κ1) is 14.6. The minimum atomic E-state index is 0.221. The van der Waals surface area contributed by atoms with Crippen LogP contribution in [-0.2, 0) is 0 Å². The summed E-state index contributed by atoms with van der Waals surface area (Å²) < 4.78 is 0. The highest BCUT2D eigenvalue weighted by Crippen LogP contribution is 2.26. The Labute approximate surface area is 104 Å². The summed E-state index contributed by atoms with van der Waals surface area (Å²) in [4.78, 5) is 7.96. The van der Waals surface area contributed by atoms with Crippen molar-refractivity contribution in [3.63, 3.8) is 0 Å². The summed E-state index contributed by atoms with van der Waals surface area (Å²) in [7, 11) is 0. The Hall–Kier alpha value is -0.450. The van der Waals surface area contributed by atoms with Crippen LogP contribution in [0.1, 0.15) is 13.3 Å². The third kappa shape index (κ3) is 4.73. The van der Waals surface area contributed by atoms with E-state index in [9.17, 15) is 0 Å². The second-order valence-corrected chi connectivity index (χ2v) is 4.13. The van der Waals surface area contributed by atoms with E-state index in [2.05, 4.69) is 30.0 Å². The molecule has 1 aromatic heterocycles. The van der Waals surface area contributed by atoms with Gasteiger partial charge in [0.2, 0.25) is 0 Å². The Morgan fingerprint density at radius 2 is 1.73 bits per heavy atom. The molecule has 0 bridgehead atoms. The van der Waals surface area contributed by atoms with Gasteiger partial charge >= 0.3 is 0 Å². The number of nitrogens with two attached hydrogens (primary N) is 1. The number of aromatic nitrogens is 2. The molecule has 0 aliphatic rings. The first-order chi connectivity index (χ1) is 7.15. The maximum atomic E-state index is 5.72. The van der Waals surface area contributed by atoms with E-state index in [1.807, 2.05) is 0 Å². The fourth-order valence-corrected chi connectivity index (χ4v) is 1.84. The zero-order valence-corrected chi connectivity index (χ0v) is 10.8. The molecule has 1 rings (SSSR count). The van der Waals surface area contributed by atoms with Crippen LogP contribution in [0.2, 0.25) is 10.3 Å². The molecule has 0 unspecified atom stereocenters. The number of hydrogen-bond donors (Lipinski definition) is 1. The van der Waals surface area contributed by atoms with Gasteiger partial charge in [-0.05, 0) is 6.42 Å². The fourth-order valence-electron chi connectivity index (χ4n) is 0.656. The van der Waals surface area contributed by atoms with Gasteiger partial charge in [0.1, 0.15) is 5.69 Å². The molecule has 6 heteroatoms. The van der Waals surface area contributed by atoms with Gasteiger partial charge in [0.05, 0.1) is 0 Å². The lowest BCUT2D eigenvalue weighted by atomic mass is 10.6. The van der Waals surface area contributed by atoms with E-state index < -0.39 is 0 Å². The normalized spacial score (nSPS) is 9.27. The first-order valence-electron chi connectivity index (χ1n) is 4.26. The molecule has 0 amide bonds. The number of rotatable bonds is 3. The highest BCUT2D eigenvalue weighted by molar-refractivity contribution is 7.99. The molecule has 0 aromatic carbocycles. The van der Waals surface area contributed by atoms with Gasteiger partial charge in [0, 0.05) is 5.75 Å². The van der Waals surface area contributed by atoms with Gasteiger partial charge in [-0.1, -0.05) is 41.9 Å². The number of halogens is 2. The monoisotopic (exact) mass is 265 g/mol. The number of thioether (sulfide) groups is 1. The molecule has 15 heavy (non-hydrogen) atoms. The molecule has 0 radical (unpaired) electrons. The average Bonchev–Trinajstić information content (AvgIpc) is 2.25. The van der Waals surface area contributed by atoms with Crippen LogP contribution < -0.4 is 5.73 Å². The zero-order chi connectivity index (χ0) is 11.8. The van der Waals surface area contributed by atoms with E-state index >= 15 is 0 Å². The number of anilines is 1. The topological polar surface area (TPSA) is 51.8 Å². The van der Waals surface area contributed by atoms with Gasteiger partial charge in [0.25, 0.3) is 0 Å². The number of hydrogen-bond acceptors (Lipinski definition) is 4. The third-order valence-corrected chi connectivity index (χ3v) is 2.90. The van der Waals surface area contributed by atoms with Crippen LogP contribution in [0.4, 0.5) is 5.69 Å². The van der Waals surface area contributed by atoms with Crippen molar-refractivity contribution < 1.29 is 0 Å². The highest BCUT2D eigenvalue weighted by Gasteiger charge is 2.07. The fraction of sp³-hybridized carbons (Fsp3) is 0.333. The van der Waals surface area contributed by atoms with Crippen LogP contribution in [0.3, 0.4) is 0 Å². The van der Waals surface area contributed by atoms with Crippen molar-refractivity contribution in [2.75, 3.05) is 11.5 Å². The van der Waals surface area contributed by atoms with E-state index in [0.717, 1.165) is 12.2 Å². The standard InChI is InChI=1S/C7H9Cl2N3S.C2H4/c1-2-3-13-7-11-5(8)4(10)6(9)12-7;1-2/h2-3,10H2,1H3;1-2H2. The van der Waals surface area contributed by atoms with E-state index in [-0.39, 0.29) is 16.0 Å². The lowest BCUT2D eigenvalue weighted by Gasteiger charge is -2.02. The third-order valence-electron chi connectivity index (χ3n) is 1.27. The van der Waals surface area contributed by atoms with Gasteiger partial charge < -0.3 is 5.73 Å². The van der Waals surface area contributed by atoms with E-state index in [4.69, 9.17) is 28.9 Å². The summed E-state index contributed by atoms with van der Waals surface area (Å²) in [5.74, 6) is 0.941. The summed E-state index contributed by atoms with van der Waals surface area (Å²) in [5.41, 5.74) is 5.72. The molecule has 0 atom stereocenters. The van der Waals surface area contributed by atoms with Crippen LogP contribution in [0.25, 0.3) is 0 Å². The highest BCUT2D eigenvalue weighted by atomic mass is 35.5. The molecular weight excluding hydrogens is 253 g/mol. The Balaban J connectivity index is 0.000000921. The van der Waals surface area contributed by atoms with Gasteiger partial charge in [-0.25, -0.2) is 9.97 Å². The summed E-state index contributed by atoms with van der Waals surface area (Å²) in [6, 6.07) is 0. The Morgan fingerprint density at radius 1 is 1.27 bits per heavy atom. The predicted molar refractivity (Wildman–Crippen MR) is 68.7 cm³/mol. The maximum Gasteiger partial charge on any atom is 0.190 e. The predicted octanol–water partition coefficient (Wildman–Crippen LogP) is 3.67. The van der Waals surface area contributed by atoms with E-state index in [1.165, 1.54) is 11.8 Å².